The van der Waals surface area contributed by atoms with Crippen molar-refractivity contribution in [1.29, 1.82) is 0 Å². The van der Waals surface area contributed by atoms with Crippen LogP contribution in [0.3, 0.4) is 0 Å². The maximum atomic E-state index is 12.6. The van der Waals surface area contributed by atoms with E-state index in [9.17, 15) is 19.8 Å². The zero-order chi connectivity index (χ0) is 40.6. The first-order valence-corrected chi connectivity index (χ1v) is 24.6. The minimum absolute atomic E-state index is 0.0624. The molecule has 0 spiro atoms. The molecule has 0 radical (unpaired) electrons. The molecule has 56 heavy (non-hydrogen) atoms. The molecule has 0 saturated carbocycles. The van der Waals surface area contributed by atoms with E-state index in [0.29, 0.717) is 0 Å². The van der Waals surface area contributed by atoms with Crippen molar-refractivity contribution in [1.82, 2.24) is 0 Å². The minimum atomic E-state index is -0.947. The van der Waals surface area contributed by atoms with Crippen molar-refractivity contribution >= 4 is 36.0 Å². The van der Waals surface area contributed by atoms with E-state index in [1.807, 2.05) is 0 Å². The lowest BCUT2D eigenvalue weighted by atomic mass is 10.0. The van der Waals surface area contributed by atoms with E-state index in [1.165, 1.54) is 209 Å². The molecule has 1 aromatic carbocycles. The predicted molar refractivity (Wildman–Crippen MR) is 236 cm³/mol. The van der Waals surface area contributed by atoms with Crippen LogP contribution in [0.25, 0.3) is 0 Å². The van der Waals surface area contributed by atoms with Gasteiger partial charge in [-0.25, -0.2) is 9.59 Å². The second kappa shape index (κ2) is 40.5. The van der Waals surface area contributed by atoms with Gasteiger partial charge >= 0.3 is 11.9 Å². The third-order valence-corrected chi connectivity index (χ3v) is 11.5. The van der Waals surface area contributed by atoms with Crippen LogP contribution in [-0.2, 0) is 17.8 Å². The molecule has 0 aliphatic rings. The third-order valence-electron chi connectivity index (χ3n) is 10.00. The van der Waals surface area contributed by atoms with Crippen molar-refractivity contribution in [3.63, 3.8) is 0 Å². The molecule has 0 aromatic heterocycles. The van der Waals surface area contributed by atoms with Gasteiger partial charge in [-0.15, -0.1) is 0 Å². The van der Waals surface area contributed by atoms with Crippen molar-refractivity contribution in [2.45, 2.75) is 206 Å². The predicted octanol–water partition coefficient (Wildman–Crippen LogP) is 13.0. The average Bonchev–Trinajstić information content (AvgIpc) is 3.21. The third kappa shape index (κ3) is 33.6. The van der Waals surface area contributed by atoms with Gasteiger partial charge in [0.2, 0.25) is 0 Å². The summed E-state index contributed by atoms with van der Waals surface area (Å²) in [6, 6.07) is 6.02. The average molecular weight is 827 g/mol. The van der Waals surface area contributed by atoms with Gasteiger partial charge in [0.15, 0.2) is 0 Å². The Kier molecular flexibility index (Phi) is 38.1. The Balaban J connectivity index is 2.00. The molecule has 2 atom stereocenters. The summed E-state index contributed by atoms with van der Waals surface area (Å²) in [5.74, 6) is 0.433. The van der Waals surface area contributed by atoms with Crippen LogP contribution >= 0.6 is 24.1 Å². The maximum absolute atomic E-state index is 12.6. The number of hydrogen-bond donors (Lipinski definition) is 2. The Hall–Kier alpha value is -1.30. The van der Waals surface area contributed by atoms with Gasteiger partial charge in [-0.05, 0) is 55.1 Å². The highest BCUT2D eigenvalue weighted by molar-refractivity contribution is 7.94. The maximum Gasteiger partial charge on any atom is 0.338 e. The van der Waals surface area contributed by atoms with Gasteiger partial charge in [0.25, 0.3) is 0 Å². The number of carbonyl (C=O) groups excluding carboxylic acids is 2. The molecule has 1 aromatic rings. The summed E-state index contributed by atoms with van der Waals surface area (Å²) in [5.41, 5.74) is 0.340. The summed E-state index contributed by atoms with van der Waals surface area (Å²) in [5, 5.41) is 20.4. The number of benzene rings is 1. The molecule has 2 unspecified atom stereocenters. The van der Waals surface area contributed by atoms with Gasteiger partial charge in [0.05, 0.1) is 24.3 Å². The molecule has 10 heteroatoms. The lowest BCUT2D eigenvalue weighted by molar-refractivity contribution is 0.0149. The van der Waals surface area contributed by atoms with E-state index < -0.39 is 24.1 Å². The number of ether oxygens (including phenoxy) is 2. The smallest absolute Gasteiger partial charge is 0.338 e. The van der Waals surface area contributed by atoms with E-state index in [4.69, 9.17) is 17.8 Å². The molecular formula is C46H82O8S2. The second-order valence-corrected chi connectivity index (χ2v) is 17.3. The number of rotatable bonds is 42. The van der Waals surface area contributed by atoms with Gasteiger partial charge in [0, 0.05) is 11.5 Å². The SMILES string of the molecule is CCCCCCCCCCCCCCCCSOCC(O)COC(=O)c1cccc(C(=O)OCC(O)COSCCCCCCCCCCCCCCCC)c1. The number of esters is 2. The lowest BCUT2D eigenvalue weighted by Gasteiger charge is -2.12. The number of unbranched alkanes of at least 4 members (excludes halogenated alkanes) is 26. The van der Waals surface area contributed by atoms with Crippen molar-refractivity contribution in [3.05, 3.63) is 35.4 Å². The summed E-state index contributed by atoms with van der Waals surface area (Å²) < 4.78 is 21.5. The largest absolute Gasteiger partial charge is 0.459 e. The molecule has 0 aliphatic heterocycles. The Morgan fingerprint density at radius 1 is 0.464 bits per heavy atom. The fourth-order valence-electron chi connectivity index (χ4n) is 6.46. The van der Waals surface area contributed by atoms with Crippen LogP contribution in [0, 0.1) is 0 Å². The Bertz CT molecular complexity index is 953. The summed E-state index contributed by atoms with van der Waals surface area (Å²) >= 11 is 2.69. The normalized spacial score (nSPS) is 12.5. The van der Waals surface area contributed by atoms with Crippen LogP contribution in [0.4, 0.5) is 0 Å². The van der Waals surface area contributed by atoms with Gasteiger partial charge < -0.3 is 28.1 Å². The van der Waals surface area contributed by atoms with Crippen LogP contribution in [-0.4, -0.2) is 72.3 Å². The summed E-state index contributed by atoms with van der Waals surface area (Å²) in [7, 11) is 0. The zero-order valence-electron chi connectivity index (χ0n) is 35.7. The molecule has 0 heterocycles. The first-order chi connectivity index (χ1) is 27.5. The highest BCUT2D eigenvalue weighted by Crippen LogP contribution is 2.17. The first-order valence-electron chi connectivity index (χ1n) is 22.8. The summed E-state index contributed by atoms with van der Waals surface area (Å²) in [4.78, 5) is 25.1. The molecule has 0 saturated heterocycles. The minimum Gasteiger partial charge on any atom is -0.459 e. The number of carbonyl (C=O) groups is 2. The molecule has 0 bridgehead atoms. The molecular weight excluding hydrogens is 745 g/mol. The van der Waals surface area contributed by atoms with E-state index in [0.717, 1.165) is 24.3 Å². The van der Waals surface area contributed by atoms with Gasteiger partial charge in [0.1, 0.15) is 25.4 Å². The number of aliphatic hydroxyl groups is 2. The van der Waals surface area contributed by atoms with Crippen molar-refractivity contribution in [3.8, 4) is 0 Å². The topological polar surface area (TPSA) is 112 Å². The molecule has 326 valence electrons. The zero-order valence-corrected chi connectivity index (χ0v) is 37.3. The van der Waals surface area contributed by atoms with Crippen LogP contribution < -0.4 is 0 Å². The first kappa shape index (κ1) is 52.7. The molecule has 8 nitrogen and oxygen atoms in total. The Morgan fingerprint density at radius 3 is 1.05 bits per heavy atom. The second-order valence-electron chi connectivity index (χ2n) is 15.5. The van der Waals surface area contributed by atoms with Crippen molar-refractivity contribution < 1.29 is 37.6 Å². The Morgan fingerprint density at radius 2 is 0.750 bits per heavy atom. The van der Waals surface area contributed by atoms with Crippen LogP contribution in [0.1, 0.15) is 214 Å². The molecule has 0 aliphatic carbocycles. The highest BCUT2D eigenvalue weighted by atomic mass is 32.2. The monoisotopic (exact) mass is 827 g/mol. The van der Waals surface area contributed by atoms with E-state index >= 15 is 0 Å². The Labute approximate surface area is 351 Å². The van der Waals surface area contributed by atoms with Crippen molar-refractivity contribution in [2.24, 2.45) is 0 Å². The number of hydrogen-bond acceptors (Lipinski definition) is 10. The fraction of sp³-hybridized carbons (Fsp3) is 0.826. The number of aliphatic hydroxyl groups excluding tert-OH is 2. The van der Waals surface area contributed by atoms with Crippen LogP contribution in [0.5, 0.6) is 0 Å². The standard InChI is InChI=1S/C46H82O8S2/c1-3-5-7-9-11-13-15-17-19-21-23-25-27-29-34-55-53-39-43(47)37-51-45(49)41-32-31-33-42(36-41)46(50)52-38-44(48)40-54-56-35-30-28-26-24-22-20-18-16-14-12-10-8-6-4-2/h31-33,36,43-44,47-48H,3-30,34-35,37-40H2,1-2H3. The highest BCUT2D eigenvalue weighted by Gasteiger charge is 2.16. The van der Waals surface area contributed by atoms with Crippen LogP contribution in [0.2, 0.25) is 0 Å². The summed E-state index contributed by atoms with van der Waals surface area (Å²) in [6.45, 7) is 4.23. The van der Waals surface area contributed by atoms with Crippen molar-refractivity contribution in [2.75, 3.05) is 37.9 Å². The van der Waals surface area contributed by atoms with Gasteiger partial charge in [-0.3, -0.25) is 0 Å². The molecule has 0 fully saturated rings. The molecule has 2 N–H and O–H groups in total. The lowest BCUT2D eigenvalue weighted by Crippen LogP contribution is -2.23. The summed E-state index contributed by atoms with van der Waals surface area (Å²) in [6.07, 6.45) is 35.3. The van der Waals surface area contributed by atoms with Crippen LogP contribution in [0.15, 0.2) is 24.3 Å². The molecule has 0 amide bonds. The molecule has 1 rings (SSSR count). The van der Waals surface area contributed by atoms with Gasteiger partial charge in [-0.2, -0.15) is 0 Å². The van der Waals surface area contributed by atoms with E-state index in [-0.39, 0.29) is 37.6 Å². The fourth-order valence-corrected chi connectivity index (χ4v) is 7.85. The van der Waals surface area contributed by atoms with E-state index in [1.54, 1.807) is 6.07 Å². The van der Waals surface area contributed by atoms with E-state index in [2.05, 4.69) is 13.8 Å². The quantitative estimate of drug-likeness (QED) is 0.0375. The van der Waals surface area contributed by atoms with Gasteiger partial charge in [-0.1, -0.05) is 187 Å².